The summed E-state index contributed by atoms with van der Waals surface area (Å²) in [6.45, 7) is 5.50. The molecule has 2 aromatic rings. The first-order valence-electron chi connectivity index (χ1n) is 8.92. The summed E-state index contributed by atoms with van der Waals surface area (Å²) in [6.07, 6.45) is 4.42. The molecule has 1 aliphatic carbocycles. The zero-order valence-electron chi connectivity index (χ0n) is 14.7. The Morgan fingerprint density at radius 3 is 2.68 bits per heavy atom. The molecule has 0 bridgehead atoms. The van der Waals surface area contributed by atoms with Crippen molar-refractivity contribution < 1.29 is 10.2 Å². The lowest BCUT2D eigenvalue weighted by molar-refractivity contribution is 0.383. The number of aromatic hydroxyl groups is 2. The largest absolute Gasteiger partial charge is 0.504 e. The van der Waals surface area contributed by atoms with Crippen LogP contribution >= 0.6 is 28.3 Å². The molecule has 0 amide bonds. The molecule has 0 unspecified atom stereocenters. The Bertz CT molecular complexity index is 771. The minimum absolute atomic E-state index is 0. The van der Waals surface area contributed by atoms with E-state index < -0.39 is 0 Å². The minimum atomic E-state index is -0.00175. The average molecular weight is 424 g/mol. The van der Waals surface area contributed by atoms with Gasteiger partial charge in [-0.3, -0.25) is 0 Å². The van der Waals surface area contributed by atoms with Gasteiger partial charge in [0, 0.05) is 28.3 Å². The summed E-state index contributed by atoms with van der Waals surface area (Å²) in [7, 11) is 0. The number of aryl methyl sites for hydroxylation is 2. The second-order valence-electron chi connectivity index (χ2n) is 7.58. The minimum Gasteiger partial charge on any atom is -0.504 e. The number of nitrogens with one attached hydrogen (secondary N) is 1. The number of hydrogen-bond acceptors (Lipinski definition) is 4. The van der Waals surface area contributed by atoms with Gasteiger partial charge in [-0.1, -0.05) is 13.8 Å². The molecule has 2 atom stereocenters. The smallest absolute Gasteiger partial charge is 0.157 e. The maximum atomic E-state index is 10.00. The Morgan fingerprint density at radius 1 is 1.16 bits per heavy atom. The van der Waals surface area contributed by atoms with Crippen LogP contribution in [0.25, 0.3) is 0 Å². The highest BCUT2D eigenvalue weighted by molar-refractivity contribution is 8.93. The molecule has 1 aliphatic heterocycles. The van der Waals surface area contributed by atoms with E-state index in [4.69, 9.17) is 0 Å². The molecule has 3 N–H and O–H groups in total. The van der Waals surface area contributed by atoms with Crippen LogP contribution in [0.3, 0.4) is 0 Å². The second-order valence-corrected chi connectivity index (χ2v) is 8.75. The number of phenols is 2. The molecule has 4 rings (SSSR count). The van der Waals surface area contributed by atoms with Crippen molar-refractivity contribution in [1.29, 1.82) is 0 Å². The van der Waals surface area contributed by atoms with Crippen LogP contribution < -0.4 is 5.32 Å². The summed E-state index contributed by atoms with van der Waals surface area (Å²) in [6, 6.07) is 6.35. The van der Waals surface area contributed by atoms with Gasteiger partial charge in [-0.15, -0.1) is 28.3 Å². The van der Waals surface area contributed by atoms with Gasteiger partial charge in [0.1, 0.15) is 0 Å². The molecule has 3 nitrogen and oxygen atoms in total. The summed E-state index contributed by atoms with van der Waals surface area (Å²) in [5.74, 6) is 1.03. The van der Waals surface area contributed by atoms with Crippen molar-refractivity contribution in [2.45, 2.75) is 58.0 Å². The number of halogens is 1. The van der Waals surface area contributed by atoms with E-state index in [9.17, 15) is 10.2 Å². The Hall–Kier alpha value is -1.04. The van der Waals surface area contributed by atoms with E-state index >= 15 is 0 Å². The third-order valence-electron chi connectivity index (χ3n) is 5.40. The fraction of sp³-hybridized carbons (Fsp3) is 0.500. The lowest BCUT2D eigenvalue weighted by Gasteiger charge is -2.38. The van der Waals surface area contributed by atoms with Crippen LogP contribution in [0.2, 0.25) is 0 Å². The maximum Gasteiger partial charge on any atom is 0.157 e. The normalized spacial score (nSPS) is 21.2. The number of benzene rings is 1. The van der Waals surface area contributed by atoms with Crippen LogP contribution in [0, 0.1) is 5.92 Å². The van der Waals surface area contributed by atoms with Gasteiger partial charge < -0.3 is 15.5 Å². The van der Waals surface area contributed by atoms with E-state index in [0.29, 0.717) is 12.0 Å². The first-order chi connectivity index (χ1) is 11.5. The van der Waals surface area contributed by atoms with Crippen molar-refractivity contribution >= 4 is 28.3 Å². The van der Waals surface area contributed by atoms with Crippen LogP contribution in [0.4, 0.5) is 0 Å². The molecule has 1 aromatic heterocycles. The highest BCUT2D eigenvalue weighted by atomic mass is 79.9. The van der Waals surface area contributed by atoms with E-state index in [1.165, 1.54) is 32.9 Å². The van der Waals surface area contributed by atoms with Crippen molar-refractivity contribution in [1.82, 2.24) is 5.32 Å². The predicted octanol–water partition coefficient (Wildman–Crippen LogP) is 4.88. The summed E-state index contributed by atoms with van der Waals surface area (Å²) in [4.78, 5) is 2.94. The second kappa shape index (κ2) is 7.29. The number of phenolic OH excluding ortho intramolecular Hbond substituents is 2. The Kier molecular flexibility index (Phi) is 5.47. The molecular weight excluding hydrogens is 398 g/mol. The molecule has 0 radical (unpaired) electrons. The Balaban J connectivity index is 0.00000182. The molecule has 2 heterocycles. The van der Waals surface area contributed by atoms with Gasteiger partial charge in [0.05, 0.1) is 0 Å². The van der Waals surface area contributed by atoms with Crippen molar-refractivity contribution in [3.63, 3.8) is 0 Å². The molecule has 1 aromatic carbocycles. The lowest BCUT2D eigenvalue weighted by atomic mass is 9.75. The van der Waals surface area contributed by atoms with Gasteiger partial charge in [0.15, 0.2) is 11.5 Å². The van der Waals surface area contributed by atoms with E-state index in [1.807, 2.05) is 11.3 Å². The van der Waals surface area contributed by atoms with Gasteiger partial charge in [0.2, 0.25) is 0 Å². The summed E-state index contributed by atoms with van der Waals surface area (Å²) < 4.78 is 0. The zero-order valence-corrected chi connectivity index (χ0v) is 17.2. The van der Waals surface area contributed by atoms with Gasteiger partial charge >= 0.3 is 0 Å². The molecule has 0 fully saturated rings. The Morgan fingerprint density at radius 2 is 1.92 bits per heavy atom. The van der Waals surface area contributed by atoms with E-state index in [2.05, 4.69) is 25.2 Å². The highest BCUT2D eigenvalue weighted by Gasteiger charge is 2.37. The fourth-order valence-electron chi connectivity index (χ4n) is 4.08. The monoisotopic (exact) mass is 423 g/mol. The van der Waals surface area contributed by atoms with Gasteiger partial charge in [-0.2, -0.15) is 0 Å². The molecule has 0 spiro atoms. The van der Waals surface area contributed by atoms with Crippen molar-refractivity contribution in [2.24, 2.45) is 5.92 Å². The third kappa shape index (κ3) is 3.46. The molecular formula is C20H26BrNO2S. The van der Waals surface area contributed by atoms with Gasteiger partial charge in [-0.05, 0) is 66.5 Å². The quantitative estimate of drug-likeness (QED) is 0.616. The third-order valence-corrected chi connectivity index (χ3v) is 6.72. The standard InChI is InChI=1S/C20H25NO2S.BrH/c1-11(2)3-5-14-7-13-10-21-16-6-4-12-8-17(22)18(23)9-15(12)19(16)20(13)24-14;/h7-9,11,16,19,21-23H,3-6,10H2,1-2H3;1H/t16-,19-;/m0./s1. The summed E-state index contributed by atoms with van der Waals surface area (Å²) >= 11 is 1.95. The zero-order chi connectivity index (χ0) is 16.8. The number of hydrogen-bond donors (Lipinski definition) is 3. The summed E-state index contributed by atoms with van der Waals surface area (Å²) in [5.41, 5.74) is 3.78. The average Bonchev–Trinajstić information content (AvgIpc) is 2.97. The molecule has 2 aliphatic rings. The van der Waals surface area contributed by atoms with Crippen molar-refractivity contribution in [2.75, 3.05) is 0 Å². The van der Waals surface area contributed by atoms with E-state index in [-0.39, 0.29) is 28.5 Å². The van der Waals surface area contributed by atoms with Crippen LogP contribution in [0.5, 0.6) is 11.5 Å². The van der Waals surface area contributed by atoms with E-state index in [0.717, 1.165) is 31.7 Å². The first-order valence-corrected chi connectivity index (χ1v) is 9.74. The lowest BCUT2D eigenvalue weighted by Crippen LogP contribution is -2.41. The van der Waals surface area contributed by atoms with Crippen molar-refractivity contribution in [3.8, 4) is 11.5 Å². The summed E-state index contributed by atoms with van der Waals surface area (Å²) in [5, 5.41) is 23.5. The van der Waals surface area contributed by atoms with Crippen LogP contribution in [0.15, 0.2) is 18.2 Å². The number of thiophene rings is 1. The Labute approximate surface area is 163 Å². The molecule has 5 heteroatoms. The predicted molar refractivity (Wildman–Crippen MR) is 108 cm³/mol. The molecule has 136 valence electrons. The number of rotatable bonds is 3. The first kappa shape index (κ1) is 18.7. The maximum absolute atomic E-state index is 10.00. The highest BCUT2D eigenvalue weighted by Crippen LogP contribution is 2.46. The van der Waals surface area contributed by atoms with E-state index in [1.54, 1.807) is 12.1 Å². The van der Waals surface area contributed by atoms with Crippen LogP contribution in [-0.2, 0) is 19.4 Å². The van der Waals surface area contributed by atoms with Crippen LogP contribution in [0.1, 0.15) is 59.1 Å². The SMILES string of the molecule is Br.CC(C)CCc1cc2c(s1)[C@H]1c3cc(O)c(O)cc3CC[C@@H]1NC2. The topological polar surface area (TPSA) is 52.5 Å². The number of fused-ring (bicyclic) bond motifs is 5. The molecule has 0 saturated heterocycles. The van der Waals surface area contributed by atoms with Crippen molar-refractivity contribution in [3.05, 3.63) is 44.6 Å². The molecule has 25 heavy (non-hydrogen) atoms. The van der Waals surface area contributed by atoms with Gasteiger partial charge in [0.25, 0.3) is 0 Å². The molecule has 0 saturated carbocycles. The fourth-order valence-corrected chi connectivity index (χ4v) is 5.46. The van der Waals surface area contributed by atoms with Gasteiger partial charge in [-0.25, -0.2) is 0 Å². The van der Waals surface area contributed by atoms with Crippen LogP contribution in [-0.4, -0.2) is 16.3 Å².